The second-order valence-corrected chi connectivity index (χ2v) is 5.20. The van der Waals surface area contributed by atoms with Gasteiger partial charge in [0.05, 0.1) is 6.54 Å². The molecule has 0 amide bonds. The lowest BCUT2D eigenvalue weighted by Crippen LogP contribution is -2.38. The van der Waals surface area contributed by atoms with E-state index in [1.54, 1.807) is 19.1 Å². The molecule has 1 aromatic heterocycles. The molecule has 1 heterocycles. The number of nitrogens with one attached hydrogen (secondary N) is 1. The van der Waals surface area contributed by atoms with E-state index in [9.17, 15) is 4.39 Å². The molecule has 6 nitrogen and oxygen atoms in total. The Balaban J connectivity index is 1.95. The molecule has 0 aliphatic heterocycles. The largest absolute Gasteiger partial charge is 0.357 e. The summed E-state index contributed by atoms with van der Waals surface area (Å²) in [7, 11) is 1.95. The van der Waals surface area contributed by atoms with Gasteiger partial charge in [-0.15, -0.1) is 0 Å². The van der Waals surface area contributed by atoms with E-state index < -0.39 is 0 Å². The first-order chi connectivity index (χ1) is 11.1. The molecule has 23 heavy (non-hydrogen) atoms. The Labute approximate surface area is 135 Å². The van der Waals surface area contributed by atoms with Gasteiger partial charge in [0.1, 0.15) is 5.82 Å². The molecule has 1 N–H and O–H groups in total. The number of aryl methyl sites for hydroxylation is 1. The van der Waals surface area contributed by atoms with Crippen molar-refractivity contribution in [3.8, 4) is 0 Å². The van der Waals surface area contributed by atoms with Crippen LogP contribution in [-0.4, -0.2) is 41.1 Å². The minimum Gasteiger partial charge on any atom is -0.357 e. The zero-order valence-corrected chi connectivity index (χ0v) is 13.7. The van der Waals surface area contributed by atoms with Crippen LogP contribution in [-0.2, 0) is 13.0 Å². The first-order valence-corrected chi connectivity index (χ1v) is 7.61. The van der Waals surface area contributed by atoms with Gasteiger partial charge in [-0.1, -0.05) is 17.3 Å². The fourth-order valence-corrected chi connectivity index (χ4v) is 2.11. The summed E-state index contributed by atoms with van der Waals surface area (Å²) in [6.45, 7) is 5.77. The van der Waals surface area contributed by atoms with Crippen molar-refractivity contribution in [3.63, 3.8) is 0 Å². The zero-order valence-electron chi connectivity index (χ0n) is 13.7. The van der Waals surface area contributed by atoms with Crippen LogP contribution in [0.2, 0.25) is 0 Å². The number of nitrogens with zero attached hydrogens (tertiary/aromatic N) is 4. The highest BCUT2D eigenvalue weighted by Gasteiger charge is 2.07. The standard InChI is InChI=1S/C16H22FN5O/c1-4-18-16(19-10-9-15-20-12(2)21-23-15)22(3)11-13-5-7-14(17)8-6-13/h5-8H,4,9-11H2,1-3H3,(H,18,19). The lowest BCUT2D eigenvalue weighted by molar-refractivity contribution is 0.375. The molecule has 0 bridgehead atoms. The molecule has 2 aromatic rings. The normalized spacial score (nSPS) is 11.6. The maximum atomic E-state index is 13.0. The van der Waals surface area contributed by atoms with Crippen molar-refractivity contribution < 1.29 is 8.91 Å². The molecule has 0 atom stereocenters. The summed E-state index contributed by atoms with van der Waals surface area (Å²) in [5.74, 6) is 1.77. The molecule has 0 fully saturated rings. The summed E-state index contributed by atoms with van der Waals surface area (Å²) in [5, 5.41) is 7.00. The van der Waals surface area contributed by atoms with Gasteiger partial charge in [-0.2, -0.15) is 4.98 Å². The fourth-order valence-electron chi connectivity index (χ4n) is 2.11. The van der Waals surface area contributed by atoms with Crippen molar-refractivity contribution in [1.29, 1.82) is 0 Å². The van der Waals surface area contributed by atoms with Gasteiger partial charge < -0.3 is 14.7 Å². The molecular weight excluding hydrogens is 297 g/mol. The Hall–Kier alpha value is -2.44. The van der Waals surface area contributed by atoms with E-state index in [0.717, 1.165) is 18.1 Å². The third kappa shape index (κ3) is 5.36. The number of hydrogen-bond donors (Lipinski definition) is 1. The summed E-state index contributed by atoms with van der Waals surface area (Å²) in [6, 6.07) is 6.48. The van der Waals surface area contributed by atoms with E-state index in [-0.39, 0.29) is 5.82 Å². The molecular formula is C16H22FN5O. The van der Waals surface area contributed by atoms with Crippen molar-refractivity contribution in [3.05, 3.63) is 47.4 Å². The van der Waals surface area contributed by atoms with Crippen LogP contribution in [0.5, 0.6) is 0 Å². The lowest BCUT2D eigenvalue weighted by atomic mass is 10.2. The van der Waals surface area contributed by atoms with E-state index in [0.29, 0.717) is 31.2 Å². The van der Waals surface area contributed by atoms with Gasteiger partial charge in [-0.05, 0) is 31.5 Å². The van der Waals surface area contributed by atoms with Gasteiger partial charge in [0.15, 0.2) is 11.8 Å². The molecule has 0 unspecified atom stereocenters. The van der Waals surface area contributed by atoms with Crippen molar-refractivity contribution in [2.75, 3.05) is 20.1 Å². The highest BCUT2D eigenvalue weighted by Crippen LogP contribution is 2.06. The number of halogens is 1. The first-order valence-electron chi connectivity index (χ1n) is 7.61. The number of aromatic nitrogens is 2. The molecule has 1 aromatic carbocycles. The Morgan fingerprint density at radius 1 is 1.35 bits per heavy atom. The van der Waals surface area contributed by atoms with Gasteiger partial charge in [-0.3, -0.25) is 4.99 Å². The molecule has 2 rings (SSSR count). The summed E-state index contributed by atoms with van der Waals surface area (Å²) in [5.41, 5.74) is 1.02. The number of rotatable bonds is 6. The van der Waals surface area contributed by atoms with Crippen molar-refractivity contribution in [1.82, 2.24) is 20.4 Å². The molecule has 0 saturated heterocycles. The SMILES string of the molecule is CCNC(=NCCc1nc(C)no1)N(C)Cc1ccc(F)cc1. The summed E-state index contributed by atoms with van der Waals surface area (Å²) >= 11 is 0. The average molecular weight is 319 g/mol. The smallest absolute Gasteiger partial charge is 0.228 e. The third-order valence-corrected chi connectivity index (χ3v) is 3.19. The molecule has 0 aliphatic rings. The third-order valence-electron chi connectivity index (χ3n) is 3.19. The van der Waals surface area contributed by atoms with E-state index >= 15 is 0 Å². The molecule has 124 valence electrons. The Kier molecular flexibility index (Phi) is 6.08. The topological polar surface area (TPSA) is 66.5 Å². The van der Waals surface area contributed by atoms with Crippen LogP contribution in [0.4, 0.5) is 4.39 Å². The Bertz CT molecular complexity index is 638. The lowest BCUT2D eigenvalue weighted by Gasteiger charge is -2.22. The second-order valence-electron chi connectivity index (χ2n) is 5.20. The van der Waals surface area contributed by atoms with Crippen LogP contribution >= 0.6 is 0 Å². The van der Waals surface area contributed by atoms with Crippen molar-refractivity contribution in [2.24, 2.45) is 4.99 Å². The van der Waals surface area contributed by atoms with Crippen LogP contribution in [0.1, 0.15) is 24.2 Å². The molecule has 0 aliphatic carbocycles. The summed E-state index contributed by atoms with van der Waals surface area (Å²) in [6.07, 6.45) is 0.597. The molecule has 0 saturated carbocycles. The Morgan fingerprint density at radius 2 is 2.09 bits per heavy atom. The predicted octanol–water partition coefficient (Wildman–Crippen LogP) is 2.16. The van der Waals surface area contributed by atoms with E-state index in [1.807, 2.05) is 18.9 Å². The average Bonchev–Trinajstić information content (AvgIpc) is 2.94. The van der Waals surface area contributed by atoms with Crippen LogP contribution in [0.25, 0.3) is 0 Å². The fraction of sp³-hybridized carbons (Fsp3) is 0.438. The van der Waals surface area contributed by atoms with Crippen molar-refractivity contribution in [2.45, 2.75) is 26.8 Å². The summed E-state index contributed by atoms with van der Waals surface area (Å²) in [4.78, 5) is 10.7. The van der Waals surface area contributed by atoms with Gasteiger partial charge in [0.2, 0.25) is 5.89 Å². The minimum atomic E-state index is -0.230. The van der Waals surface area contributed by atoms with Gasteiger partial charge >= 0.3 is 0 Å². The monoisotopic (exact) mass is 319 g/mol. The van der Waals surface area contributed by atoms with E-state index in [4.69, 9.17) is 4.52 Å². The maximum absolute atomic E-state index is 13.0. The van der Waals surface area contributed by atoms with Gasteiger partial charge in [0.25, 0.3) is 0 Å². The molecule has 7 heteroatoms. The number of guanidine groups is 1. The number of aliphatic imine (C=N–C) groups is 1. The van der Waals surface area contributed by atoms with E-state index in [1.165, 1.54) is 12.1 Å². The van der Waals surface area contributed by atoms with Crippen LogP contribution in [0, 0.1) is 12.7 Å². The second kappa shape index (κ2) is 8.26. The van der Waals surface area contributed by atoms with Crippen LogP contribution in [0.15, 0.2) is 33.8 Å². The van der Waals surface area contributed by atoms with Crippen molar-refractivity contribution >= 4 is 5.96 Å². The van der Waals surface area contributed by atoms with Gasteiger partial charge in [0, 0.05) is 26.6 Å². The van der Waals surface area contributed by atoms with Crippen LogP contribution in [0.3, 0.4) is 0 Å². The predicted molar refractivity (Wildman–Crippen MR) is 86.6 cm³/mol. The summed E-state index contributed by atoms with van der Waals surface area (Å²) < 4.78 is 18.0. The highest BCUT2D eigenvalue weighted by atomic mass is 19.1. The first kappa shape index (κ1) is 16.9. The quantitative estimate of drug-likeness (QED) is 0.653. The minimum absolute atomic E-state index is 0.230. The molecule has 0 radical (unpaired) electrons. The van der Waals surface area contributed by atoms with Gasteiger partial charge in [-0.25, -0.2) is 4.39 Å². The zero-order chi connectivity index (χ0) is 16.7. The van der Waals surface area contributed by atoms with E-state index in [2.05, 4.69) is 20.4 Å². The number of hydrogen-bond acceptors (Lipinski definition) is 4. The molecule has 0 spiro atoms. The Morgan fingerprint density at radius 3 is 2.70 bits per heavy atom. The maximum Gasteiger partial charge on any atom is 0.228 e. The van der Waals surface area contributed by atoms with Crippen LogP contribution < -0.4 is 5.32 Å². The highest BCUT2D eigenvalue weighted by molar-refractivity contribution is 5.79. The number of benzene rings is 1.